The highest BCUT2D eigenvalue weighted by Gasteiger charge is 2.52. The maximum Gasteiger partial charge on any atom is 0.0929 e. The van der Waals surface area contributed by atoms with Crippen LogP contribution < -0.4 is 5.32 Å². The minimum atomic E-state index is -0.0863. The molecule has 1 N–H and O–H groups in total. The Morgan fingerprint density at radius 3 is 2.22 bits per heavy atom. The molecule has 0 bridgehead atoms. The lowest BCUT2D eigenvalue weighted by molar-refractivity contribution is 0.413. The van der Waals surface area contributed by atoms with Gasteiger partial charge in [0.1, 0.15) is 0 Å². The minimum absolute atomic E-state index is 0. The molecule has 1 heterocycles. The molecule has 1 aliphatic carbocycles. The topological polar surface area (TPSA) is 12.0 Å². The van der Waals surface area contributed by atoms with Gasteiger partial charge in [-0.15, -0.1) is 12.4 Å². The van der Waals surface area contributed by atoms with Crippen molar-refractivity contribution in [1.29, 1.82) is 0 Å². The fraction of sp³-hybridized carbons (Fsp3) is 1.00. The molecular weight excluding hydrogens is 141 g/mol. The summed E-state index contributed by atoms with van der Waals surface area (Å²) in [6.45, 7) is 2.05. The summed E-state index contributed by atoms with van der Waals surface area (Å²) in [6, 6.07) is 0. The van der Waals surface area contributed by atoms with Gasteiger partial charge in [0.25, 0.3) is 0 Å². The summed E-state index contributed by atoms with van der Waals surface area (Å²) >= 11 is 0. The van der Waals surface area contributed by atoms with Crippen LogP contribution in [-0.4, -0.2) is 19.8 Å². The lowest BCUT2D eigenvalue weighted by Gasteiger charge is -1.96. The van der Waals surface area contributed by atoms with E-state index in [9.17, 15) is 4.39 Å². The van der Waals surface area contributed by atoms with Crippen molar-refractivity contribution in [1.82, 2.24) is 5.32 Å². The summed E-state index contributed by atoms with van der Waals surface area (Å²) < 4.78 is 11.9. The third-order valence-electron chi connectivity index (χ3n) is 2.45. The van der Waals surface area contributed by atoms with Gasteiger partial charge in [-0.25, -0.2) is 0 Å². The first-order valence-electron chi connectivity index (χ1n) is 3.20. The van der Waals surface area contributed by atoms with Gasteiger partial charge in [0.15, 0.2) is 0 Å². The first kappa shape index (κ1) is 7.29. The lowest BCUT2D eigenvalue weighted by atomic mass is 10.3. The van der Waals surface area contributed by atoms with E-state index in [1.165, 1.54) is 0 Å². The number of halogens is 2. The third kappa shape index (κ3) is 0.945. The van der Waals surface area contributed by atoms with Crippen LogP contribution in [0.1, 0.15) is 0 Å². The average Bonchev–Trinajstić information content (AvgIpc) is 2.22. The minimum Gasteiger partial charge on any atom is -0.316 e. The molecule has 1 unspecified atom stereocenters. The van der Waals surface area contributed by atoms with Crippen LogP contribution in [0.2, 0.25) is 0 Å². The van der Waals surface area contributed by atoms with Crippen LogP contribution in [0.3, 0.4) is 0 Å². The van der Waals surface area contributed by atoms with Gasteiger partial charge in [-0.3, -0.25) is 4.39 Å². The Hall–Kier alpha value is 0.180. The molecule has 0 radical (unpaired) electrons. The van der Waals surface area contributed by atoms with Crippen LogP contribution in [0, 0.1) is 17.8 Å². The van der Waals surface area contributed by atoms with Crippen LogP contribution in [0.25, 0.3) is 0 Å². The molecule has 9 heavy (non-hydrogen) atoms. The zero-order valence-electron chi connectivity index (χ0n) is 5.14. The first-order chi connectivity index (χ1) is 3.93. The van der Waals surface area contributed by atoms with E-state index in [1.54, 1.807) is 0 Å². The highest BCUT2D eigenvalue weighted by atomic mass is 35.5. The quantitative estimate of drug-likeness (QED) is 0.586. The van der Waals surface area contributed by atoms with Gasteiger partial charge in [0.05, 0.1) is 6.67 Å². The second-order valence-electron chi connectivity index (χ2n) is 2.80. The van der Waals surface area contributed by atoms with Gasteiger partial charge in [-0.2, -0.15) is 0 Å². The number of fused-ring (bicyclic) bond motifs is 1. The average molecular weight is 152 g/mol. The van der Waals surface area contributed by atoms with E-state index in [0.29, 0.717) is 17.8 Å². The van der Waals surface area contributed by atoms with Crippen molar-refractivity contribution >= 4 is 12.4 Å². The van der Waals surface area contributed by atoms with Gasteiger partial charge in [0.2, 0.25) is 0 Å². The van der Waals surface area contributed by atoms with Gasteiger partial charge < -0.3 is 5.32 Å². The van der Waals surface area contributed by atoms with Crippen molar-refractivity contribution in [2.24, 2.45) is 17.8 Å². The van der Waals surface area contributed by atoms with Crippen molar-refractivity contribution in [2.45, 2.75) is 0 Å². The standard InChI is InChI=1S/C6H10FN.ClH/c7-1-4-5-2-8-3-6(4)5;/h4-6,8H,1-3H2;1H/t4?,5-,6+;. The third-order valence-corrected chi connectivity index (χ3v) is 2.45. The molecule has 0 aromatic heterocycles. The maximum absolute atomic E-state index is 11.9. The Labute approximate surface area is 60.4 Å². The number of hydrogen-bond donors (Lipinski definition) is 1. The monoisotopic (exact) mass is 151 g/mol. The summed E-state index contributed by atoms with van der Waals surface area (Å²) in [5.41, 5.74) is 0. The van der Waals surface area contributed by atoms with E-state index in [4.69, 9.17) is 0 Å². The predicted molar refractivity (Wildman–Crippen MR) is 36.6 cm³/mol. The normalized spacial score (nSPS) is 45.7. The lowest BCUT2D eigenvalue weighted by Crippen LogP contribution is -2.15. The SMILES string of the molecule is Cl.FCC1[C@H]2CNC[C@@H]12. The van der Waals surface area contributed by atoms with Crippen molar-refractivity contribution in [2.75, 3.05) is 19.8 Å². The van der Waals surface area contributed by atoms with E-state index in [2.05, 4.69) is 5.32 Å². The molecule has 1 nitrogen and oxygen atoms in total. The van der Waals surface area contributed by atoms with Crippen molar-refractivity contribution in [3.8, 4) is 0 Å². The largest absolute Gasteiger partial charge is 0.316 e. The number of alkyl halides is 1. The molecule has 2 rings (SSSR count). The van der Waals surface area contributed by atoms with Gasteiger partial charge in [-0.1, -0.05) is 0 Å². The summed E-state index contributed by atoms with van der Waals surface area (Å²) in [5, 5.41) is 3.22. The van der Waals surface area contributed by atoms with E-state index in [-0.39, 0.29) is 19.1 Å². The number of rotatable bonds is 1. The first-order valence-corrected chi connectivity index (χ1v) is 3.20. The molecular formula is C6H11ClFN. The fourth-order valence-corrected chi connectivity index (χ4v) is 1.78. The molecule has 2 fully saturated rings. The van der Waals surface area contributed by atoms with Gasteiger partial charge in [-0.05, 0) is 30.8 Å². The maximum atomic E-state index is 11.9. The number of hydrogen-bond acceptors (Lipinski definition) is 1. The van der Waals surface area contributed by atoms with Crippen LogP contribution in [0.5, 0.6) is 0 Å². The molecule has 2 aliphatic rings. The van der Waals surface area contributed by atoms with Crippen LogP contribution >= 0.6 is 12.4 Å². The Morgan fingerprint density at radius 2 is 1.89 bits per heavy atom. The summed E-state index contributed by atoms with van der Waals surface area (Å²) in [7, 11) is 0. The zero-order chi connectivity index (χ0) is 5.56. The molecule has 0 aromatic carbocycles. The highest BCUT2D eigenvalue weighted by molar-refractivity contribution is 5.85. The van der Waals surface area contributed by atoms with E-state index >= 15 is 0 Å². The molecule has 3 atom stereocenters. The van der Waals surface area contributed by atoms with E-state index in [0.717, 1.165) is 13.1 Å². The zero-order valence-corrected chi connectivity index (χ0v) is 5.96. The molecule has 0 amide bonds. The molecule has 1 aliphatic heterocycles. The molecule has 0 spiro atoms. The van der Waals surface area contributed by atoms with Crippen LogP contribution in [0.4, 0.5) is 4.39 Å². The van der Waals surface area contributed by atoms with Crippen LogP contribution in [0.15, 0.2) is 0 Å². The summed E-state index contributed by atoms with van der Waals surface area (Å²) in [5.74, 6) is 1.86. The predicted octanol–water partition coefficient (Wildman–Crippen LogP) is 0.843. The fourth-order valence-electron chi connectivity index (χ4n) is 1.78. The van der Waals surface area contributed by atoms with E-state index < -0.39 is 0 Å². The van der Waals surface area contributed by atoms with Gasteiger partial charge in [0, 0.05) is 0 Å². The Kier molecular flexibility index (Phi) is 1.97. The molecule has 3 heteroatoms. The van der Waals surface area contributed by atoms with Crippen molar-refractivity contribution < 1.29 is 4.39 Å². The Bertz CT molecular complexity index is 92.5. The highest BCUT2D eigenvalue weighted by Crippen LogP contribution is 2.48. The number of piperidine rings is 1. The number of nitrogens with one attached hydrogen (secondary N) is 1. The van der Waals surface area contributed by atoms with Crippen LogP contribution in [-0.2, 0) is 0 Å². The molecule has 54 valence electrons. The second kappa shape index (κ2) is 2.43. The molecule has 0 aromatic rings. The van der Waals surface area contributed by atoms with Crippen molar-refractivity contribution in [3.05, 3.63) is 0 Å². The van der Waals surface area contributed by atoms with E-state index in [1.807, 2.05) is 0 Å². The Balaban J connectivity index is 0.000000405. The molecule has 1 saturated carbocycles. The summed E-state index contributed by atoms with van der Waals surface area (Å²) in [6.07, 6.45) is 0. The molecule has 1 saturated heterocycles. The summed E-state index contributed by atoms with van der Waals surface area (Å²) in [4.78, 5) is 0. The van der Waals surface area contributed by atoms with Gasteiger partial charge >= 0.3 is 0 Å². The second-order valence-corrected chi connectivity index (χ2v) is 2.80. The Morgan fingerprint density at radius 1 is 1.33 bits per heavy atom. The van der Waals surface area contributed by atoms with Crippen molar-refractivity contribution in [3.63, 3.8) is 0 Å². The smallest absolute Gasteiger partial charge is 0.0929 e.